The topological polar surface area (TPSA) is 52.6 Å². The molecule has 0 unspecified atom stereocenters. The summed E-state index contributed by atoms with van der Waals surface area (Å²) in [6.45, 7) is 8.05. The Kier molecular flexibility index (Phi) is 7.34. The van der Waals surface area contributed by atoms with E-state index in [1.807, 2.05) is 6.92 Å². The van der Waals surface area contributed by atoms with Crippen molar-refractivity contribution in [1.29, 1.82) is 0 Å². The molecule has 0 fully saturated rings. The number of unbranched alkanes of at least 4 members (excludes halogenated alkanes) is 1. The van der Waals surface area contributed by atoms with Gasteiger partial charge in [0.1, 0.15) is 5.41 Å². The number of hydrogen-bond acceptors (Lipinski definition) is 4. The predicted octanol–water partition coefficient (Wildman–Crippen LogP) is 3.58. The van der Waals surface area contributed by atoms with E-state index in [1.54, 1.807) is 45.0 Å². The molecular formula is C19H24O4. The highest BCUT2D eigenvalue weighted by Gasteiger charge is 2.26. The van der Waals surface area contributed by atoms with E-state index in [1.165, 1.54) is 0 Å². The van der Waals surface area contributed by atoms with Crippen LogP contribution in [-0.2, 0) is 14.3 Å². The first kappa shape index (κ1) is 18.8. The zero-order valence-corrected chi connectivity index (χ0v) is 14.3. The second kappa shape index (κ2) is 8.99. The zero-order valence-electron chi connectivity index (χ0n) is 14.3. The zero-order chi connectivity index (χ0) is 17.3. The molecule has 0 radical (unpaired) electrons. The fourth-order valence-corrected chi connectivity index (χ4v) is 1.67. The Morgan fingerprint density at radius 1 is 1.09 bits per heavy atom. The lowest BCUT2D eigenvalue weighted by atomic mass is 9.94. The predicted molar refractivity (Wildman–Crippen MR) is 88.9 cm³/mol. The van der Waals surface area contributed by atoms with Gasteiger partial charge in [0, 0.05) is 5.56 Å². The average molecular weight is 316 g/mol. The summed E-state index contributed by atoms with van der Waals surface area (Å²) in [6.07, 6.45) is 1.83. The van der Waals surface area contributed by atoms with Crippen molar-refractivity contribution in [1.82, 2.24) is 0 Å². The minimum atomic E-state index is -0.868. The molecule has 23 heavy (non-hydrogen) atoms. The van der Waals surface area contributed by atoms with E-state index in [-0.39, 0.29) is 11.9 Å². The third-order valence-electron chi connectivity index (χ3n) is 3.16. The van der Waals surface area contributed by atoms with Gasteiger partial charge in [0.05, 0.1) is 18.8 Å². The molecule has 124 valence electrons. The Morgan fingerprint density at radius 3 is 2.30 bits per heavy atom. The number of carbonyl (C=O) groups is 2. The van der Waals surface area contributed by atoms with Gasteiger partial charge in [-0.15, -0.1) is 0 Å². The summed E-state index contributed by atoms with van der Waals surface area (Å²) in [5.41, 5.74) is 0.344. The van der Waals surface area contributed by atoms with Gasteiger partial charge in [0.15, 0.2) is 0 Å². The van der Waals surface area contributed by atoms with E-state index in [0.717, 1.165) is 18.4 Å². The molecule has 0 N–H and O–H groups in total. The quantitative estimate of drug-likeness (QED) is 0.457. The lowest BCUT2D eigenvalue weighted by Crippen LogP contribution is -2.25. The van der Waals surface area contributed by atoms with Gasteiger partial charge in [-0.25, -0.2) is 4.79 Å². The number of hydrogen-bond donors (Lipinski definition) is 0. The maximum absolute atomic E-state index is 12.0. The van der Waals surface area contributed by atoms with E-state index in [0.29, 0.717) is 18.8 Å². The molecule has 0 saturated carbocycles. The van der Waals surface area contributed by atoms with Crippen LogP contribution in [0.1, 0.15) is 56.5 Å². The number of ether oxygens (including phenoxy) is 2. The molecule has 0 aromatic heterocycles. The van der Waals surface area contributed by atoms with Gasteiger partial charge >= 0.3 is 11.9 Å². The second-order valence-corrected chi connectivity index (χ2v) is 5.66. The van der Waals surface area contributed by atoms with Crippen molar-refractivity contribution in [2.24, 2.45) is 5.41 Å². The van der Waals surface area contributed by atoms with E-state index in [2.05, 4.69) is 11.8 Å². The maximum atomic E-state index is 12.0. The van der Waals surface area contributed by atoms with Crippen LogP contribution in [-0.4, -0.2) is 25.2 Å². The van der Waals surface area contributed by atoms with E-state index < -0.39 is 5.41 Å². The van der Waals surface area contributed by atoms with Gasteiger partial charge in [0.2, 0.25) is 0 Å². The summed E-state index contributed by atoms with van der Waals surface area (Å²) in [7, 11) is 0. The van der Waals surface area contributed by atoms with Crippen LogP contribution >= 0.6 is 0 Å². The molecule has 0 amide bonds. The van der Waals surface area contributed by atoms with Crippen molar-refractivity contribution < 1.29 is 19.1 Å². The fraction of sp³-hybridized carbons (Fsp3) is 0.474. The van der Waals surface area contributed by atoms with Crippen molar-refractivity contribution in [2.45, 2.75) is 40.5 Å². The Labute approximate surface area is 138 Å². The molecule has 1 aromatic carbocycles. The molecule has 1 rings (SSSR count). The van der Waals surface area contributed by atoms with Gasteiger partial charge in [-0.3, -0.25) is 4.79 Å². The van der Waals surface area contributed by atoms with Crippen LogP contribution in [0.25, 0.3) is 0 Å². The minimum absolute atomic E-state index is 0.318. The van der Waals surface area contributed by atoms with E-state index >= 15 is 0 Å². The second-order valence-electron chi connectivity index (χ2n) is 5.66. The molecule has 0 bridgehead atoms. The Balaban J connectivity index is 2.73. The largest absolute Gasteiger partial charge is 0.465 e. The Bertz CT molecular complexity index is 588. The highest BCUT2D eigenvalue weighted by molar-refractivity contribution is 5.89. The molecule has 0 aliphatic rings. The molecule has 0 saturated heterocycles. The van der Waals surface area contributed by atoms with E-state index in [9.17, 15) is 9.59 Å². The average Bonchev–Trinajstić information content (AvgIpc) is 2.54. The number of rotatable bonds is 6. The van der Waals surface area contributed by atoms with Crippen LogP contribution in [0.15, 0.2) is 24.3 Å². The Hall–Kier alpha value is -2.28. The standard InChI is InChI=1S/C19H24O4/c1-5-7-14-23-18(21)19(3,4)13-12-15-8-10-16(11-9-15)17(20)22-6-2/h8-11H,5-7,14H2,1-4H3. The van der Waals surface area contributed by atoms with Crippen molar-refractivity contribution in [2.75, 3.05) is 13.2 Å². The molecule has 1 aromatic rings. The van der Waals surface area contributed by atoms with Crippen LogP contribution in [0.3, 0.4) is 0 Å². The summed E-state index contributed by atoms with van der Waals surface area (Å²) in [6, 6.07) is 6.79. The fourth-order valence-electron chi connectivity index (χ4n) is 1.67. The molecule has 0 atom stereocenters. The molecule has 0 heterocycles. The van der Waals surface area contributed by atoms with Gasteiger partial charge in [0.25, 0.3) is 0 Å². The van der Waals surface area contributed by atoms with E-state index in [4.69, 9.17) is 9.47 Å². The lowest BCUT2D eigenvalue weighted by molar-refractivity contribution is -0.150. The van der Waals surface area contributed by atoms with Crippen molar-refractivity contribution in [3.63, 3.8) is 0 Å². The van der Waals surface area contributed by atoms with Gasteiger partial charge in [-0.05, 0) is 51.5 Å². The normalized spacial score (nSPS) is 10.4. The summed E-state index contributed by atoms with van der Waals surface area (Å²) >= 11 is 0. The summed E-state index contributed by atoms with van der Waals surface area (Å²) in [5.74, 6) is 5.21. The van der Waals surface area contributed by atoms with Gasteiger partial charge < -0.3 is 9.47 Å². The van der Waals surface area contributed by atoms with Crippen LogP contribution in [0.4, 0.5) is 0 Å². The third kappa shape index (κ3) is 6.15. The van der Waals surface area contributed by atoms with Crippen molar-refractivity contribution in [3.8, 4) is 11.8 Å². The Morgan fingerprint density at radius 2 is 1.74 bits per heavy atom. The smallest absolute Gasteiger partial charge is 0.338 e. The highest BCUT2D eigenvalue weighted by Crippen LogP contribution is 2.16. The van der Waals surface area contributed by atoms with Crippen molar-refractivity contribution >= 4 is 11.9 Å². The molecule has 0 spiro atoms. The van der Waals surface area contributed by atoms with Crippen LogP contribution in [0.5, 0.6) is 0 Å². The molecule has 0 aliphatic carbocycles. The van der Waals surface area contributed by atoms with Crippen LogP contribution < -0.4 is 0 Å². The van der Waals surface area contributed by atoms with Crippen LogP contribution in [0, 0.1) is 17.3 Å². The third-order valence-corrected chi connectivity index (χ3v) is 3.16. The molecule has 4 nitrogen and oxygen atoms in total. The highest BCUT2D eigenvalue weighted by atomic mass is 16.5. The first-order valence-corrected chi connectivity index (χ1v) is 7.88. The first-order valence-electron chi connectivity index (χ1n) is 7.88. The molecule has 4 heteroatoms. The number of carbonyl (C=O) groups excluding carboxylic acids is 2. The van der Waals surface area contributed by atoms with Gasteiger partial charge in [-0.2, -0.15) is 0 Å². The monoisotopic (exact) mass is 316 g/mol. The summed E-state index contributed by atoms with van der Waals surface area (Å²) < 4.78 is 10.1. The summed E-state index contributed by atoms with van der Waals surface area (Å²) in [4.78, 5) is 23.6. The van der Waals surface area contributed by atoms with Crippen molar-refractivity contribution in [3.05, 3.63) is 35.4 Å². The molecule has 0 aliphatic heterocycles. The lowest BCUT2D eigenvalue weighted by Gasteiger charge is -2.15. The minimum Gasteiger partial charge on any atom is -0.465 e. The summed E-state index contributed by atoms with van der Waals surface area (Å²) in [5, 5.41) is 0. The number of esters is 2. The first-order chi connectivity index (χ1) is 10.9. The maximum Gasteiger partial charge on any atom is 0.338 e. The number of benzene rings is 1. The molecular weight excluding hydrogens is 292 g/mol. The van der Waals surface area contributed by atoms with Gasteiger partial charge in [-0.1, -0.05) is 25.2 Å². The van der Waals surface area contributed by atoms with Crippen LogP contribution in [0.2, 0.25) is 0 Å². The SMILES string of the molecule is CCCCOC(=O)C(C)(C)C#Cc1ccc(C(=O)OCC)cc1.